The molecule has 0 unspecified atom stereocenters. The van der Waals surface area contributed by atoms with Crippen LogP contribution in [-0.4, -0.2) is 17.5 Å². The lowest BCUT2D eigenvalue weighted by Gasteiger charge is -2.33. The Morgan fingerprint density at radius 3 is 2.14 bits per heavy atom. The van der Waals surface area contributed by atoms with E-state index in [1.54, 1.807) is 0 Å². The SMILES string of the molecule is CC(C)[NH2+]C1(C(N)=O)CCCCC1.[Cl-]. The summed E-state index contributed by atoms with van der Waals surface area (Å²) >= 11 is 0. The van der Waals surface area contributed by atoms with Gasteiger partial charge in [0, 0.05) is 12.8 Å². The van der Waals surface area contributed by atoms with Gasteiger partial charge in [0.05, 0.1) is 6.04 Å². The van der Waals surface area contributed by atoms with Crippen molar-refractivity contribution in [2.75, 3.05) is 0 Å². The highest BCUT2D eigenvalue weighted by Gasteiger charge is 2.41. The fraction of sp³-hybridized carbons (Fsp3) is 0.900. The first-order valence-corrected chi connectivity index (χ1v) is 5.23. The van der Waals surface area contributed by atoms with Crippen molar-refractivity contribution < 1.29 is 22.5 Å². The molecule has 0 bridgehead atoms. The lowest BCUT2D eigenvalue weighted by atomic mass is 9.80. The van der Waals surface area contributed by atoms with E-state index in [9.17, 15) is 4.79 Å². The number of amides is 1. The highest BCUT2D eigenvalue weighted by atomic mass is 35.5. The van der Waals surface area contributed by atoms with Gasteiger partial charge in [-0.15, -0.1) is 0 Å². The van der Waals surface area contributed by atoms with Gasteiger partial charge >= 0.3 is 0 Å². The van der Waals surface area contributed by atoms with Crippen LogP contribution in [0.15, 0.2) is 0 Å². The Balaban J connectivity index is 0.00000169. The fourth-order valence-electron chi connectivity index (χ4n) is 2.32. The van der Waals surface area contributed by atoms with Crippen LogP contribution in [0.1, 0.15) is 46.0 Å². The minimum atomic E-state index is -0.285. The van der Waals surface area contributed by atoms with Gasteiger partial charge in [-0.1, -0.05) is 6.42 Å². The van der Waals surface area contributed by atoms with Crippen LogP contribution >= 0.6 is 0 Å². The van der Waals surface area contributed by atoms with Crippen LogP contribution in [0.2, 0.25) is 0 Å². The van der Waals surface area contributed by atoms with E-state index in [0.717, 1.165) is 25.7 Å². The second-order valence-corrected chi connectivity index (χ2v) is 4.49. The molecule has 1 rings (SSSR count). The number of carbonyl (C=O) groups excluding carboxylic acids is 1. The largest absolute Gasteiger partial charge is 1.00 e. The number of quaternary nitrogens is 1. The standard InChI is InChI=1S/C10H20N2O.ClH/c1-8(2)12-10(9(11)13)6-4-3-5-7-10;/h8,12H,3-7H2,1-2H3,(H2,11,13);1H. The maximum absolute atomic E-state index is 11.4. The lowest BCUT2D eigenvalue weighted by Crippen LogP contribution is -3.02. The van der Waals surface area contributed by atoms with Gasteiger partial charge in [0.2, 0.25) is 0 Å². The van der Waals surface area contributed by atoms with Crippen LogP contribution in [0.3, 0.4) is 0 Å². The molecule has 0 atom stereocenters. The van der Waals surface area contributed by atoms with Gasteiger partial charge in [-0.05, 0) is 26.7 Å². The van der Waals surface area contributed by atoms with E-state index in [0.29, 0.717) is 6.04 Å². The quantitative estimate of drug-likeness (QED) is 0.529. The van der Waals surface area contributed by atoms with Crippen molar-refractivity contribution in [2.24, 2.45) is 5.73 Å². The zero-order chi connectivity index (χ0) is 9.90. The molecule has 0 aromatic carbocycles. The molecule has 1 amide bonds. The van der Waals surface area contributed by atoms with Crippen LogP contribution < -0.4 is 23.5 Å². The number of carbonyl (C=O) groups is 1. The molecule has 1 aliphatic rings. The molecule has 1 aliphatic carbocycles. The molecule has 4 N–H and O–H groups in total. The van der Waals surface area contributed by atoms with Crippen LogP contribution in [0.4, 0.5) is 0 Å². The summed E-state index contributed by atoms with van der Waals surface area (Å²) in [5.74, 6) is -0.124. The van der Waals surface area contributed by atoms with Gasteiger partial charge in [0.25, 0.3) is 5.91 Å². The molecule has 0 aliphatic heterocycles. The van der Waals surface area contributed by atoms with E-state index in [4.69, 9.17) is 5.73 Å². The van der Waals surface area contributed by atoms with E-state index < -0.39 is 0 Å². The summed E-state index contributed by atoms with van der Waals surface area (Å²) in [7, 11) is 0. The number of nitrogens with two attached hydrogens (primary N) is 2. The zero-order valence-corrected chi connectivity index (χ0v) is 9.81. The van der Waals surface area contributed by atoms with Crippen molar-refractivity contribution in [3.8, 4) is 0 Å². The smallest absolute Gasteiger partial charge is 0.278 e. The molecule has 14 heavy (non-hydrogen) atoms. The Bertz CT molecular complexity index is 189. The van der Waals surface area contributed by atoms with Gasteiger partial charge in [0.15, 0.2) is 5.54 Å². The second kappa shape index (κ2) is 5.56. The third kappa shape index (κ3) is 3.14. The maximum atomic E-state index is 11.4. The number of halogens is 1. The average Bonchev–Trinajstić information content (AvgIpc) is 2.04. The van der Waals surface area contributed by atoms with Crippen molar-refractivity contribution in [3.05, 3.63) is 0 Å². The highest BCUT2D eigenvalue weighted by molar-refractivity contribution is 5.82. The predicted octanol–water partition coefficient (Wildman–Crippen LogP) is -2.85. The maximum Gasteiger partial charge on any atom is 0.278 e. The normalized spacial score (nSPS) is 20.2. The van der Waals surface area contributed by atoms with Gasteiger partial charge in [-0.3, -0.25) is 4.79 Å². The second-order valence-electron chi connectivity index (χ2n) is 4.49. The van der Waals surface area contributed by atoms with Gasteiger partial charge < -0.3 is 23.5 Å². The number of hydrogen-bond acceptors (Lipinski definition) is 1. The molecule has 0 saturated heterocycles. The Morgan fingerprint density at radius 1 is 1.29 bits per heavy atom. The number of rotatable bonds is 3. The summed E-state index contributed by atoms with van der Waals surface area (Å²) in [6, 6.07) is 0.450. The predicted molar refractivity (Wildman–Crippen MR) is 52.1 cm³/mol. The third-order valence-electron chi connectivity index (χ3n) is 2.89. The first-order valence-electron chi connectivity index (χ1n) is 5.23. The molecule has 84 valence electrons. The Morgan fingerprint density at radius 2 is 1.79 bits per heavy atom. The average molecular weight is 221 g/mol. The lowest BCUT2D eigenvalue weighted by molar-refractivity contribution is -0.740. The summed E-state index contributed by atoms with van der Waals surface area (Å²) in [5, 5.41) is 2.15. The molecule has 1 saturated carbocycles. The highest BCUT2D eigenvalue weighted by Crippen LogP contribution is 2.24. The molecule has 0 heterocycles. The van der Waals surface area contributed by atoms with E-state index in [-0.39, 0.29) is 23.9 Å². The number of primary amides is 1. The van der Waals surface area contributed by atoms with Gasteiger partial charge in [-0.25, -0.2) is 0 Å². The monoisotopic (exact) mass is 220 g/mol. The van der Waals surface area contributed by atoms with E-state index in [1.807, 2.05) is 0 Å². The van der Waals surface area contributed by atoms with Gasteiger partial charge in [-0.2, -0.15) is 0 Å². The summed E-state index contributed by atoms with van der Waals surface area (Å²) in [4.78, 5) is 11.4. The van der Waals surface area contributed by atoms with Crippen molar-refractivity contribution in [2.45, 2.75) is 57.5 Å². The summed E-state index contributed by atoms with van der Waals surface area (Å²) in [5.41, 5.74) is 5.19. The molecule has 4 heteroatoms. The van der Waals surface area contributed by atoms with Crippen LogP contribution in [0, 0.1) is 0 Å². The summed E-state index contributed by atoms with van der Waals surface area (Å²) in [6.07, 6.45) is 5.46. The molecule has 0 radical (unpaired) electrons. The third-order valence-corrected chi connectivity index (χ3v) is 2.89. The fourth-order valence-corrected chi connectivity index (χ4v) is 2.32. The van der Waals surface area contributed by atoms with Crippen LogP contribution in [0.25, 0.3) is 0 Å². The molecule has 3 nitrogen and oxygen atoms in total. The minimum Gasteiger partial charge on any atom is -1.00 e. The van der Waals surface area contributed by atoms with E-state index in [1.165, 1.54) is 6.42 Å². The molecular formula is C10H21ClN2O. The summed E-state index contributed by atoms with van der Waals surface area (Å²) in [6.45, 7) is 4.22. The first-order chi connectivity index (χ1) is 6.07. The Hall–Kier alpha value is -0.280. The molecular weight excluding hydrogens is 200 g/mol. The molecule has 1 fully saturated rings. The minimum absolute atomic E-state index is 0. The molecule has 0 aromatic rings. The van der Waals surface area contributed by atoms with E-state index >= 15 is 0 Å². The van der Waals surface area contributed by atoms with Crippen molar-refractivity contribution in [1.82, 2.24) is 0 Å². The van der Waals surface area contributed by atoms with Crippen molar-refractivity contribution in [1.29, 1.82) is 0 Å². The molecule has 0 aromatic heterocycles. The first kappa shape index (κ1) is 13.7. The topological polar surface area (TPSA) is 59.7 Å². The number of hydrogen-bond donors (Lipinski definition) is 2. The Kier molecular flexibility index (Phi) is 5.45. The van der Waals surface area contributed by atoms with Gasteiger partial charge in [0.1, 0.15) is 0 Å². The van der Waals surface area contributed by atoms with E-state index in [2.05, 4.69) is 19.2 Å². The van der Waals surface area contributed by atoms with Crippen molar-refractivity contribution in [3.63, 3.8) is 0 Å². The van der Waals surface area contributed by atoms with Crippen LogP contribution in [0.5, 0.6) is 0 Å². The van der Waals surface area contributed by atoms with Crippen LogP contribution in [-0.2, 0) is 4.79 Å². The molecule has 0 spiro atoms. The Labute approximate surface area is 92.2 Å². The summed E-state index contributed by atoms with van der Waals surface area (Å²) < 4.78 is 0. The zero-order valence-electron chi connectivity index (χ0n) is 9.05. The van der Waals surface area contributed by atoms with Crippen molar-refractivity contribution >= 4 is 5.91 Å².